The highest BCUT2D eigenvalue weighted by atomic mass is 16.2. The lowest BCUT2D eigenvalue weighted by molar-refractivity contribution is 0.150. The second kappa shape index (κ2) is 44.9. The van der Waals surface area contributed by atoms with Gasteiger partial charge in [0, 0.05) is 170 Å². The number of hydrogen-bond acceptors (Lipinski definition) is 13. The van der Waals surface area contributed by atoms with Crippen LogP contribution in [0.15, 0.2) is 165 Å². The van der Waals surface area contributed by atoms with Gasteiger partial charge in [0.15, 0.2) is 0 Å². The molecule has 0 aliphatic carbocycles. The summed E-state index contributed by atoms with van der Waals surface area (Å²) in [5.74, 6) is 7.37. The molecule has 0 bridgehead atoms. The molecule has 1 unspecified atom stereocenters. The summed E-state index contributed by atoms with van der Waals surface area (Å²) in [5.41, 5.74) is 8.06. The Labute approximate surface area is 574 Å². The number of anilines is 3. The van der Waals surface area contributed by atoms with Crippen molar-refractivity contribution in [1.29, 1.82) is 0 Å². The van der Waals surface area contributed by atoms with Gasteiger partial charge in [0.2, 0.25) is 0 Å². The Morgan fingerprint density at radius 3 is 1.24 bits per heavy atom. The molecular formula is C79H121N15O. The minimum atomic E-state index is 0.155. The second-order valence-electron chi connectivity index (χ2n) is 27.1. The molecule has 6 saturated heterocycles. The van der Waals surface area contributed by atoms with Gasteiger partial charge < -0.3 is 39.3 Å². The van der Waals surface area contributed by atoms with Crippen molar-refractivity contribution in [3.05, 3.63) is 194 Å². The van der Waals surface area contributed by atoms with Gasteiger partial charge in [-0.3, -0.25) is 24.9 Å². The number of nitrogens with zero attached hydrogens (tertiary/aromatic N) is 14. The standard InChI is InChI=1S/2C11H16N2.C11H18N2.C10H14N2.C9H18N2O.C9H17N.C6H8N2.2C6H7N/c1-10-4-8-13(9-5-10)11-2-6-12-7-3-11;1-10-5-8-13(9-6-10)11-4-2-3-7-12-11;1-2-13-8-5-10(6-9-13)11-4-3-7-12-11;1-9-5-7-12(8-9)10-4-2-3-6-11-10;1-8-4-6-11(7-5-8)9(12)10(2)3;1-8(2)10-6-4-9(3)5-7-10;1-5-3-8-6(2)4-7-5;2*1-6-4-2-3-5-7-6/h2-3,6-7,10H,4-5,8-9H2,1H3;2-4,7,10H,5-6,8-9H2,1H3;3-4,7,10,12H,2,5-6,8-9H2,1H3;2-4,6,9H,5,7-8H2,1H3;8H,4-7H2,1-3H3;9H,1,4-7H2,2-3H3;3-4H,1-2H3;2*2-5H,1H3. The van der Waals surface area contributed by atoms with Crippen LogP contribution in [0.5, 0.6) is 0 Å². The number of urea groups is 1. The number of carbonyl (C=O) groups is 1. The van der Waals surface area contributed by atoms with E-state index in [0.717, 1.165) is 122 Å². The van der Waals surface area contributed by atoms with Crippen molar-refractivity contribution >= 4 is 23.4 Å². The highest BCUT2D eigenvalue weighted by Crippen LogP contribution is 2.27. The molecule has 6 fully saturated rings. The molecule has 0 aromatic carbocycles. The molecular weight excluding hydrogens is 1170 g/mol. The molecule has 2 amide bonds. The predicted molar refractivity (Wildman–Crippen MR) is 398 cm³/mol. The van der Waals surface area contributed by atoms with Crippen LogP contribution in [0, 0.1) is 57.3 Å². The number of amides is 2. The van der Waals surface area contributed by atoms with Crippen molar-refractivity contribution < 1.29 is 4.79 Å². The van der Waals surface area contributed by atoms with Crippen LogP contribution in [0.25, 0.3) is 0 Å². The Bertz CT molecular complexity index is 2880. The minimum Gasteiger partial charge on any atom is -0.376 e. The van der Waals surface area contributed by atoms with E-state index in [4.69, 9.17) is 0 Å². The maximum Gasteiger partial charge on any atom is 0.319 e. The Kier molecular flexibility index (Phi) is 36.8. The molecule has 13 rings (SSSR count). The third-order valence-corrected chi connectivity index (χ3v) is 18.4. The Hall–Kier alpha value is -7.72. The zero-order valence-electron chi connectivity index (χ0n) is 60.7. The number of aryl methyl sites for hydroxylation is 4. The van der Waals surface area contributed by atoms with Crippen molar-refractivity contribution in [2.75, 3.05) is 114 Å². The highest BCUT2D eigenvalue weighted by molar-refractivity contribution is 5.73. The van der Waals surface area contributed by atoms with E-state index < -0.39 is 0 Å². The molecule has 7 aromatic rings. The average molecular weight is 1300 g/mol. The Balaban J connectivity index is 0.000000195. The first-order valence-corrected chi connectivity index (χ1v) is 35.6. The van der Waals surface area contributed by atoms with E-state index in [1.54, 1.807) is 43.8 Å². The Morgan fingerprint density at radius 1 is 0.463 bits per heavy atom. The molecule has 1 atom stereocenters. The molecule has 518 valence electrons. The van der Waals surface area contributed by atoms with Crippen molar-refractivity contribution in [3.8, 4) is 0 Å². The maximum absolute atomic E-state index is 11.5. The fourth-order valence-corrected chi connectivity index (χ4v) is 11.7. The molecule has 16 nitrogen and oxygen atoms in total. The monoisotopic (exact) mass is 1300 g/mol. The summed E-state index contributed by atoms with van der Waals surface area (Å²) in [6, 6.07) is 32.6. The number of aromatic amines is 1. The second-order valence-corrected chi connectivity index (χ2v) is 27.1. The number of hydrogen-bond donors (Lipinski definition) is 1. The van der Waals surface area contributed by atoms with Crippen molar-refractivity contribution in [1.82, 2.24) is 59.5 Å². The van der Waals surface area contributed by atoms with Crippen LogP contribution < -0.4 is 14.7 Å². The van der Waals surface area contributed by atoms with Gasteiger partial charge in [-0.1, -0.05) is 72.4 Å². The van der Waals surface area contributed by atoms with Crippen LogP contribution in [0.3, 0.4) is 0 Å². The zero-order valence-corrected chi connectivity index (χ0v) is 60.7. The van der Waals surface area contributed by atoms with Gasteiger partial charge in [0.1, 0.15) is 11.6 Å². The topological polar surface area (TPSA) is 146 Å². The average Bonchev–Trinajstić information content (AvgIpc) is 2.49. The third kappa shape index (κ3) is 32.1. The number of allylic oxidation sites excluding steroid dienone is 1. The zero-order chi connectivity index (χ0) is 68.6. The first kappa shape index (κ1) is 78.0. The number of H-pyrrole nitrogens is 1. The first-order valence-electron chi connectivity index (χ1n) is 35.6. The van der Waals surface area contributed by atoms with Crippen LogP contribution in [0.1, 0.15) is 153 Å². The Morgan fingerprint density at radius 2 is 0.884 bits per heavy atom. The molecule has 13 heterocycles. The van der Waals surface area contributed by atoms with Gasteiger partial charge in [-0.05, 0) is 227 Å². The quantitative estimate of drug-likeness (QED) is 0.169. The fourth-order valence-electron chi connectivity index (χ4n) is 11.7. The number of pyridine rings is 5. The van der Waals surface area contributed by atoms with E-state index in [2.05, 4.69) is 162 Å². The van der Waals surface area contributed by atoms with Crippen molar-refractivity contribution in [2.45, 2.75) is 153 Å². The number of carbonyl (C=O) groups excluding carboxylic acids is 1. The normalized spacial score (nSPS) is 17.7. The van der Waals surface area contributed by atoms with Gasteiger partial charge in [-0.25, -0.2) is 14.8 Å². The van der Waals surface area contributed by atoms with E-state index in [0.29, 0.717) is 0 Å². The largest absolute Gasteiger partial charge is 0.376 e. The summed E-state index contributed by atoms with van der Waals surface area (Å²) < 4.78 is 0. The minimum absolute atomic E-state index is 0.155. The summed E-state index contributed by atoms with van der Waals surface area (Å²) >= 11 is 0. The molecule has 6 aliphatic rings. The fraction of sp³-hybridized carbons (Fsp3) is 0.544. The van der Waals surface area contributed by atoms with Crippen molar-refractivity contribution in [2.24, 2.45) is 29.6 Å². The highest BCUT2D eigenvalue weighted by Gasteiger charge is 2.23. The lowest BCUT2D eigenvalue weighted by Gasteiger charge is -2.32. The SMILES string of the molecule is C=C(C)N1CCC(C)CC1.CC1CCN(C(=O)N(C)C)CC1.CC1CCN(c2ccccn2)C1.CC1CCN(c2ccccn2)CC1.CC1CCN(c2ccncc2)CC1.CCN1CCC(c2ccc[nH]2)CC1.Cc1ccccn1.Cc1ccccn1.Cc1cnc(C)cn1. The summed E-state index contributed by atoms with van der Waals surface area (Å²) in [6.45, 7) is 42.7. The van der Waals surface area contributed by atoms with Crippen molar-refractivity contribution in [3.63, 3.8) is 0 Å². The molecule has 6 aliphatic heterocycles. The summed E-state index contributed by atoms with van der Waals surface area (Å²) in [5, 5.41) is 0. The molecule has 16 heteroatoms. The van der Waals surface area contributed by atoms with Crippen LogP contribution in [-0.2, 0) is 0 Å². The van der Waals surface area contributed by atoms with E-state index >= 15 is 0 Å². The smallest absolute Gasteiger partial charge is 0.319 e. The first-order chi connectivity index (χ1) is 45.9. The lowest BCUT2D eigenvalue weighted by atomic mass is 9.94. The molecule has 0 saturated carbocycles. The molecule has 1 N–H and O–H groups in total. The van der Waals surface area contributed by atoms with Crippen LogP contribution in [0.2, 0.25) is 0 Å². The van der Waals surface area contributed by atoms with Gasteiger partial charge in [-0.2, -0.15) is 0 Å². The number of piperidine rings is 5. The van der Waals surface area contributed by atoms with Crippen LogP contribution >= 0.6 is 0 Å². The summed E-state index contributed by atoms with van der Waals surface area (Å²) in [7, 11) is 3.61. The number of nitrogens with one attached hydrogen (secondary N) is 1. The number of rotatable bonds is 6. The predicted octanol–water partition coefficient (Wildman–Crippen LogP) is 16.3. The molecule has 0 spiro atoms. The van der Waals surface area contributed by atoms with E-state index in [9.17, 15) is 4.79 Å². The molecule has 7 aromatic heterocycles. The molecule has 95 heavy (non-hydrogen) atoms. The van der Waals surface area contributed by atoms with Crippen LogP contribution in [-0.4, -0.2) is 165 Å². The number of likely N-dealkylation sites (tertiary alicyclic amines) is 3. The lowest BCUT2D eigenvalue weighted by Crippen LogP contribution is -2.43. The third-order valence-electron chi connectivity index (χ3n) is 18.4. The van der Waals surface area contributed by atoms with Gasteiger partial charge in [0.25, 0.3) is 0 Å². The maximum atomic E-state index is 11.5. The van der Waals surface area contributed by atoms with Gasteiger partial charge >= 0.3 is 6.03 Å². The summed E-state index contributed by atoms with van der Waals surface area (Å²) in [4.78, 5) is 59.1. The van der Waals surface area contributed by atoms with E-state index in [-0.39, 0.29) is 6.03 Å². The van der Waals surface area contributed by atoms with E-state index in [1.807, 2.05) is 118 Å². The number of aromatic nitrogens is 8. The van der Waals surface area contributed by atoms with E-state index in [1.165, 1.54) is 121 Å². The van der Waals surface area contributed by atoms with Crippen LogP contribution in [0.4, 0.5) is 22.1 Å². The van der Waals surface area contributed by atoms with Gasteiger partial charge in [-0.15, -0.1) is 0 Å². The van der Waals surface area contributed by atoms with Gasteiger partial charge in [0.05, 0.1) is 11.4 Å². The summed E-state index contributed by atoms with van der Waals surface area (Å²) in [6.07, 6.45) is 30.7. The molecule has 0 radical (unpaired) electrons.